The van der Waals surface area contributed by atoms with Gasteiger partial charge in [0.1, 0.15) is 18.1 Å². The minimum absolute atomic E-state index is 0.000494. The molecule has 0 aliphatic rings. The molecule has 0 saturated heterocycles. The number of aromatic amines is 1. The van der Waals surface area contributed by atoms with E-state index >= 15 is 0 Å². The molecule has 13 N–H and O–H groups in total. The lowest BCUT2D eigenvalue weighted by atomic mass is 10.0. The molecule has 0 saturated carbocycles. The lowest BCUT2D eigenvalue weighted by Crippen LogP contribution is -2.56. The number of carbonyl (C=O) groups excluding carboxylic acids is 5. The second-order valence-corrected chi connectivity index (χ2v) is 14.6. The quantitative estimate of drug-likeness (QED) is 0.0246. The predicted octanol–water partition coefficient (Wildman–Crippen LogP) is 2.20. The van der Waals surface area contributed by atoms with Crippen molar-refractivity contribution in [2.75, 3.05) is 6.54 Å². The van der Waals surface area contributed by atoms with E-state index in [2.05, 4.69) is 31.2 Å². The molecule has 1 heterocycles. The van der Waals surface area contributed by atoms with Crippen LogP contribution in [0.15, 0.2) is 102 Å². The smallest absolute Gasteiger partial charge is 0.251 e. The summed E-state index contributed by atoms with van der Waals surface area (Å²) >= 11 is 0. The molecule has 0 bridgehead atoms. The van der Waals surface area contributed by atoms with Crippen LogP contribution >= 0.6 is 0 Å². The Bertz CT molecular complexity index is 2040. The van der Waals surface area contributed by atoms with Gasteiger partial charge in [-0.15, -0.1) is 0 Å². The fourth-order valence-electron chi connectivity index (χ4n) is 6.43. The van der Waals surface area contributed by atoms with E-state index in [0.717, 1.165) is 27.6 Å². The summed E-state index contributed by atoms with van der Waals surface area (Å²) in [5.74, 6) is -2.76. The van der Waals surface area contributed by atoms with Crippen LogP contribution in [0.4, 0.5) is 0 Å². The van der Waals surface area contributed by atoms with Crippen molar-refractivity contribution in [3.05, 3.63) is 119 Å². The standard InChI is InChI=1S/C43H56N10O5/c1-27(2)22-37(51-38(54)16-8-12-32(23-28-10-4-3-5-11-28)50-40(56)30-19-17-29(25-44)18-20-30)42(58)52-35(15-9-21-48-43(46)47)41(57)53-36(39(45)55)24-31-26-49-34-14-7-6-13-33(31)34/h3-8,10-14,17-20,26-27,32,35-37,49H,9,15-16,21-25,44H2,1-2H3,(H2,45,55)(H,50,56)(H,51,54)(H,52,58)(H,53,57)(H4,46,47,48)/b12-8+/t32-,35+,36+,37+/m1/s1. The maximum absolute atomic E-state index is 13.8. The van der Waals surface area contributed by atoms with E-state index in [1.54, 1.807) is 42.6 Å². The van der Waals surface area contributed by atoms with E-state index in [-0.39, 0.29) is 50.0 Å². The number of guanidine groups is 1. The molecule has 15 nitrogen and oxygen atoms in total. The Morgan fingerprint density at radius 3 is 2.10 bits per heavy atom. The summed E-state index contributed by atoms with van der Waals surface area (Å²) in [5, 5.41) is 12.2. The number of amides is 5. The van der Waals surface area contributed by atoms with E-state index in [1.165, 1.54) is 0 Å². The highest BCUT2D eigenvalue weighted by Crippen LogP contribution is 2.19. The highest BCUT2D eigenvalue weighted by Gasteiger charge is 2.30. The van der Waals surface area contributed by atoms with Crippen LogP contribution in [0.2, 0.25) is 0 Å². The van der Waals surface area contributed by atoms with Gasteiger partial charge in [0.2, 0.25) is 23.6 Å². The van der Waals surface area contributed by atoms with E-state index in [4.69, 9.17) is 22.9 Å². The summed E-state index contributed by atoms with van der Waals surface area (Å²) in [5.41, 5.74) is 26.4. The molecule has 4 aromatic rings. The van der Waals surface area contributed by atoms with Crippen molar-refractivity contribution in [3.8, 4) is 0 Å². The number of benzene rings is 3. The number of rotatable bonds is 22. The first-order valence-electron chi connectivity index (χ1n) is 19.4. The summed E-state index contributed by atoms with van der Waals surface area (Å²) in [6.45, 7) is 4.38. The van der Waals surface area contributed by atoms with Gasteiger partial charge in [-0.05, 0) is 66.5 Å². The fraction of sp³-hybridized carbons (Fsp3) is 0.349. The molecule has 0 fully saturated rings. The molecule has 58 heavy (non-hydrogen) atoms. The molecule has 308 valence electrons. The van der Waals surface area contributed by atoms with E-state index < -0.39 is 47.8 Å². The highest BCUT2D eigenvalue weighted by atomic mass is 16.2. The Balaban J connectivity index is 1.44. The van der Waals surface area contributed by atoms with Crippen LogP contribution in [-0.4, -0.2) is 71.2 Å². The molecule has 0 unspecified atom stereocenters. The van der Waals surface area contributed by atoms with Crippen LogP contribution in [0.3, 0.4) is 0 Å². The first kappa shape index (κ1) is 44.2. The Labute approximate surface area is 338 Å². The lowest BCUT2D eigenvalue weighted by molar-refractivity contribution is -0.133. The summed E-state index contributed by atoms with van der Waals surface area (Å²) in [6.07, 6.45) is 6.44. The van der Waals surface area contributed by atoms with Crippen LogP contribution in [-0.2, 0) is 38.6 Å². The zero-order valence-corrected chi connectivity index (χ0v) is 33.1. The molecule has 3 aromatic carbocycles. The van der Waals surface area contributed by atoms with Gasteiger partial charge in [0.05, 0.1) is 6.04 Å². The molecule has 0 aliphatic carbocycles. The van der Waals surface area contributed by atoms with Crippen LogP contribution in [0.5, 0.6) is 0 Å². The highest BCUT2D eigenvalue weighted by molar-refractivity contribution is 5.95. The lowest BCUT2D eigenvalue weighted by Gasteiger charge is -2.25. The number of H-pyrrole nitrogens is 1. The summed E-state index contributed by atoms with van der Waals surface area (Å²) in [4.78, 5) is 73.8. The SMILES string of the molecule is CC(C)C[C@H](NC(=O)C/C=C/[C@H](Cc1ccccc1)NC(=O)c1ccc(CN)cc1)C(=O)N[C@@H](CCCN=C(N)N)C(=O)N[C@@H](Cc1c[nH]c2ccccc12)C(N)=O. The number of nitrogens with one attached hydrogen (secondary N) is 5. The zero-order chi connectivity index (χ0) is 42.0. The number of hydrogen-bond acceptors (Lipinski definition) is 7. The minimum Gasteiger partial charge on any atom is -0.370 e. The van der Waals surface area contributed by atoms with Crippen molar-refractivity contribution in [1.82, 2.24) is 26.3 Å². The maximum Gasteiger partial charge on any atom is 0.251 e. The number of fused-ring (bicyclic) bond motifs is 1. The predicted molar refractivity (Wildman–Crippen MR) is 226 cm³/mol. The number of para-hydroxylation sites is 1. The Kier molecular flexibility index (Phi) is 17.0. The molecule has 4 atom stereocenters. The van der Waals surface area contributed by atoms with Gasteiger partial charge in [0.15, 0.2) is 5.96 Å². The molecule has 5 amide bonds. The molecular formula is C43H56N10O5. The van der Waals surface area contributed by atoms with E-state index in [9.17, 15) is 24.0 Å². The number of nitrogens with two attached hydrogens (primary N) is 4. The van der Waals surface area contributed by atoms with Crippen LogP contribution in [0.25, 0.3) is 10.9 Å². The molecular weight excluding hydrogens is 737 g/mol. The van der Waals surface area contributed by atoms with Crippen LogP contribution in [0.1, 0.15) is 66.6 Å². The van der Waals surface area contributed by atoms with Crippen LogP contribution in [0, 0.1) is 5.92 Å². The largest absolute Gasteiger partial charge is 0.370 e. The zero-order valence-electron chi connectivity index (χ0n) is 33.1. The molecule has 0 spiro atoms. The third-order valence-corrected chi connectivity index (χ3v) is 9.43. The van der Waals surface area contributed by atoms with Gasteiger partial charge >= 0.3 is 0 Å². The Hall–Kier alpha value is -6.48. The van der Waals surface area contributed by atoms with Crippen molar-refractivity contribution in [3.63, 3.8) is 0 Å². The van der Waals surface area contributed by atoms with E-state index in [0.29, 0.717) is 24.9 Å². The topological polar surface area (TPSA) is 266 Å². The second-order valence-electron chi connectivity index (χ2n) is 14.6. The van der Waals surface area contributed by atoms with Gasteiger partial charge in [-0.3, -0.25) is 29.0 Å². The fourth-order valence-corrected chi connectivity index (χ4v) is 6.43. The number of aliphatic imine (C=N–C) groups is 1. The summed E-state index contributed by atoms with van der Waals surface area (Å²) in [6, 6.07) is 20.6. The maximum atomic E-state index is 13.8. The first-order valence-corrected chi connectivity index (χ1v) is 19.4. The number of primary amides is 1. The summed E-state index contributed by atoms with van der Waals surface area (Å²) < 4.78 is 0. The van der Waals surface area contributed by atoms with Gasteiger partial charge in [-0.1, -0.05) is 86.7 Å². The molecule has 4 rings (SSSR count). The third kappa shape index (κ3) is 14.2. The van der Waals surface area contributed by atoms with Gasteiger partial charge in [0, 0.05) is 48.6 Å². The van der Waals surface area contributed by atoms with E-state index in [1.807, 2.05) is 68.4 Å². The minimum atomic E-state index is -1.10. The molecule has 0 aliphatic heterocycles. The van der Waals surface area contributed by atoms with Gasteiger partial charge in [-0.25, -0.2) is 0 Å². The van der Waals surface area contributed by atoms with Gasteiger partial charge in [0.25, 0.3) is 5.91 Å². The third-order valence-electron chi connectivity index (χ3n) is 9.43. The van der Waals surface area contributed by atoms with Gasteiger partial charge < -0.3 is 49.2 Å². The Morgan fingerprint density at radius 2 is 1.43 bits per heavy atom. The number of carbonyl (C=O) groups is 5. The molecule has 0 radical (unpaired) electrons. The number of nitrogens with zero attached hydrogens (tertiary/aromatic N) is 1. The molecule has 15 heteroatoms. The Morgan fingerprint density at radius 1 is 0.759 bits per heavy atom. The monoisotopic (exact) mass is 792 g/mol. The van der Waals surface area contributed by atoms with Crippen molar-refractivity contribution in [2.24, 2.45) is 33.8 Å². The number of aromatic nitrogens is 1. The van der Waals surface area contributed by atoms with Crippen molar-refractivity contribution >= 4 is 46.4 Å². The van der Waals surface area contributed by atoms with Crippen molar-refractivity contribution < 1.29 is 24.0 Å². The van der Waals surface area contributed by atoms with Crippen molar-refractivity contribution in [1.29, 1.82) is 0 Å². The first-order chi connectivity index (χ1) is 27.8. The average molecular weight is 793 g/mol. The van der Waals surface area contributed by atoms with Gasteiger partial charge in [-0.2, -0.15) is 0 Å². The van der Waals surface area contributed by atoms with Crippen molar-refractivity contribution in [2.45, 2.75) is 83.1 Å². The summed E-state index contributed by atoms with van der Waals surface area (Å²) in [7, 11) is 0. The number of hydrogen-bond donors (Lipinski definition) is 9. The normalized spacial score (nSPS) is 13.3. The second kappa shape index (κ2) is 22.3. The van der Waals surface area contributed by atoms with Crippen LogP contribution < -0.4 is 44.2 Å². The average Bonchev–Trinajstić information content (AvgIpc) is 3.61. The molecule has 1 aromatic heterocycles.